The van der Waals surface area contributed by atoms with E-state index in [0.717, 1.165) is 42.1 Å². The molecule has 0 aliphatic rings. The van der Waals surface area contributed by atoms with Crippen molar-refractivity contribution in [2.24, 2.45) is 14.1 Å². The van der Waals surface area contributed by atoms with Crippen LogP contribution in [0.3, 0.4) is 0 Å². The van der Waals surface area contributed by atoms with Gasteiger partial charge in [-0.25, -0.2) is 4.98 Å². The number of hydrogen-bond donors (Lipinski definition) is 0. The molecule has 0 radical (unpaired) electrons. The molecule has 112 valence electrons. The molecule has 0 bridgehead atoms. The Kier molecular flexibility index (Phi) is 3.71. The van der Waals surface area contributed by atoms with Crippen LogP contribution in [0.5, 0.6) is 0 Å². The third kappa shape index (κ3) is 2.33. The van der Waals surface area contributed by atoms with Gasteiger partial charge in [-0.1, -0.05) is 6.92 Å². The molecule has 3 heterocycles. The van der Waals surface area contributed by atoms with Crippen LogP contribution in [0.15, 0.2) is 12.3 Å². The number of alkyl halides is 1. The molecule has 0 aliphatic heterocycles. The van der Waals surface area contributed by atoms with E-state index < -0.39 is 0 Å². The first-order chi connectivity index (χ1) is 10.2. The van der Waals surface area contributed by atoms with Crippen LogP contribution in [0.25, 0.3) is 11.2 Å². The van der Waals surface area contributed by atoms with E-state index in [1.807, 2.05) is 35.7 Å². The number of aryl methyl sites for hydroxylation is 5. The fourth-order valence-electron chi connectivity index (χ4n) is 2.73. The van der Waals surface area contributed by atoms with Crippen LogP contribution in [-0.4, -0.2) is 29.1 Å². The van der Waals surface area contributed by atoms with Crippen LogP contribution < -0.4 is 0 Å². The van der Waals surface area contributed by atoms with Crippen molar-refractivity contribution in [3.8, 4) is 0 Å². The highest BCUT2D eigenvalue weighted by molar-refractivity contribution is 6.16. The molecule has 0 amide bonds. The monoisotopic (exact) mass is 306 g/mol. The summed E-state index contributed by atoms with van der Waals surface area (Å²) < 4.78 is 5.97. The Bertz CT molecular complexity index is 766. The smallest absolute Gasteiger partial charge is 0.158 e. The Balaban J connectivity index is 2.00. The van der Waals surface area contributed by atoms with E-state index in [1.165, 1.54) is 5.69 Å². The fourth-order valence-corrected chi connectivity index (χ4v) is 2.94. The van der Waals surface area contributed by atoms with Crippen LogP contribution in [0, 0.1) is 0 Å². The van der Waals surface area contributed by atoms with Gasteiger partial charge in [-0.15, -0.1) is 11.6 Å². The largest absolute Gasteiger partial charge is 0.312 e. The predicted octanol–water partition coefficient (Wildman–Crippen LogP) is 2.05. The topological polar surface area (TPSA) is 53.5 Å². The van der Waals surface area contributed by atoms with Gasteiger partial charge in [-0.05, 0) is 12.5 Å². The quantitative estimate of drug-likeness (QED) is 0.678. The van der Waals surface area contributed by atoms with Gasteiger partial charge in [0.25, 0.3) is 0 Å². The number of hydrogen-bond acceptors (Lipinski definition) is 3. The number of fused-ring (bicyclic) bond motifs is 1. The SMILES string of the molecule is CCc1nn(C)c2c1nc(CCl)n2CCc1ccnn1C. The van der Waals surface area contributed by atoms with E-state index in [1.54, 1.807) is 0 Å². The normalized spacial score (nSPS) is 11.6. The summed E-state index contributed by atoms with van der Waals surface area (Å²) in [6, 6.07) is 2.04. The molecule has 3 aromatic heterocycles. The molecule has 3 aromatic rings. The Labute approximate surface area is 128 Å². The van der Waals surface area contributed by atoms with Crippen molar-refractivity contribution in [3.63, 3.8) is 0 Å². The third-order valence-corrected chi connectivity index (χ3v) is 4.08. The zero-order valence-electron chi connectivity index (χ0n) is 12.5. The molecule has 7 heteroatoms. The van der Waals surface area contributed by atoms with Gasteiger partial charge >= 0.3 is 0 Å². The minimum absolute atomic E-state index is 0.406. The molecule has 6 nitrogen and oxygen atoms in total. The summed E-state index contributed by atoms with van der Waals surface area (Å²) in [6.07, 6.45) is 3.58. The average Bonchev–Trinajstić information content (AvgIpc) is 3.12. The van der Waals surface area contributed by atoms with Gasteiger partial charge in [0.15, 0.2) is 5.65 Å². The first-order valence-corrected chi connectivity index (χ1v) is 7.63. The van der Waals surface area contributed by atoms with E-state index in [2.05, 4.69) is 26.7 Å². The van der Waals surface area contributed by atoms with Crippen LogP contribution in [0.4, 0.5) is 0 Å². The lowest BCUT2D eigenvalue weighted by atomic mass is 10.3. The van der Waals surface area contributed by atoms with Crippen molar-refractivity contribution in [1.82, 2.24) is 29.1 Å². The molecule has 0 aliphatic carbocycles. The minimum atomic E-state index is 0.406. The summed E-state index contributed by atoms with van der Waals surface area (Å²) >= 11 is 6.07. The van der Waals surface area contributed by atoms with Gasteiger partial charge in [-0.2, -0.15) is 10.2 Å². The molecule has 3 rings (SSSR count). The zero-order chi connectivity index (χ0) is 15.0. The maximum Gasteiger partial charge on any atom is 0.158 e. The number of nitrogens with zero attached hydrogens (tertiary/aromatic N) is 6. The molecular formula is C14H19ClN6. The van der Waals surface area contributed by atoms with E-state index in [4.69, 9.17) is 11.6 Å². The maximum absolute atomic E-state index is 6.07. The van der Waals surface area contributed by atoms with Gasteiger partial charge in [0.1, 0.15) is 11.3 Å². The first-order valence-electron chi connectivity index (χ1n) is 7.09. The summed E-state index contributed by atoms with van der Waals surface area (Å²) in [4.78, 5) is 4.67. The second-order valence-corrected chi connectivity index (χ2v) is 5.37. The highest BCUT2D eigenvalue weighted by atomic mass is 35.5. The molecule has 0 spiro atoms. The number of halogens is 1. The molecule has 0 saturated heterocycles. The lowest BCUT2D eigenvalue weighted by Crippen LogP contribution is -2.10. The number of aromatic nitrogens is 6. The average molecular weight is 307 g/mol. The lowest BCUT2D eigenvalue weighted by molar-refractivity contribution is 0.616. The van der Waals surface area contributed by atoms with Gasteiger partial charge in [0.2, 0.25) is 0 Å². The van der Waals surface area contributed by atoms with Crippen molar-refractivity contribution < 1.29 is 0 Å². The standard InChI is InChI=1S/C14H19ClN6/c1-4-11-13-14(20(3)18-11)21(12(9-15)17-13)8-6-10-5-7-16-19(10)2/h5,7H,4,6,8-9H2,1-3H3. The van der Waals surface area contributed by atoms with Crippen molar-refractivity contribution in [2.45, 2.75) is 32.2 Å². The second-order valence-electron chi connectivity index (χ2n) is 5.11. The summed E-state index contributed by atoms with van der Waals surface area (Å²) in [5.41, 5.74) is 4.23. The molecule has 0 aromatic carbocycles. The van der Waals surface area contributed by atoms with Crippen molar-refractivity contribution in [2.75, 3.05) is 0 Å². The number of rotatable bonds is 5. The Hall–Kier alpha value is -1.82. The fraction of sp³-hybridized carbons (Fsp3) is 0.500. The third-order valence-electron chi connectivity index (χ3n) is 3.84. The number of imidazole rings is 1. The predicted molar refractivity (Wildman–Crippen MR) is 82.3 cm³/mol. The highest BCUT2D eigenvalue weighted by Crippen LogP contribution is 2.21. The summed E-state index contributed by atoms with van der Waals surface area (Å²) in [6.45, 7) is 2.91. The maximum atomic E-state index is 6.07. The van der Waals surface area contributed by atoms with Gasteiger partial charge in [0, 0.05) is 39.0 Å². The van der Waals surface area contributed by atoms with Crippen molar-refractivity contribution >= 4 is 22.8 Å². The summed E-state index contributed by atoms with van der Waals surface area (Å²) in [7, 11) is 3.92. The van der Waals surface area contributed by atoms with Crippen LogP contribution in [-0.2, 0) is 39.4 Å². The molecule has 0 unspecified atom stereocenters. The van der Waals surface area contributed by atoms with Crippen molar-refractivity contribution in [3.05, 3.63) is 29.5 Å². The highest BCUT2D eigenvalue weighted by Gasteiger charge is 2.18. The van der Waals surface area contributed by atoms with Gasteiger partial charge < -0.3 is 4.57 Å². The Morgan fingerprint density at radius 2 is 2.05 bits per heavy atom. The van der Waals surface area contributed by atoms with E-state index in [0.29, 0.717) is 5.88 Å². The molecule has 0 saturated carbocycles. The lowest BCUT2D eigenvalue weighted by Gasteiger charge is -2.08. The van der Waals surface area contributed by atoms with Gasteiger partial charge in [-0.3, -0.25) is 9.36 Å². The summed E-state index contributed by atoms with van der Waals surface area (Å²) in [5.74, 6) is 1.31. The molecule has 0 fully saturated rings. The van der Waals surface area contributed by atoms with E-state index >= 15 is 0 Å². The Morgan fingerprint density at radius 3 is 2.67 bits per heavy atom. The first kappa shape index (κ1) is 14.1. The molecular weight excluding hydrogens is 288 g/mol. The molecule has 0 atom stereocenters. The zero-order valence-corrected chi connectivity index (χ0v) is 13.3. The second kappa shape index (κ2) is 5.52. The molecule has 0 N–H and O–H groups in total. The van der Waals surface area contributed by atoms with Crippen LogP contribution in [0.2, 0.25) is 0 Å². The Morgan fingerprint density at radius 1 is 1.24 bits per heavy atom. The molecule has 21 heavy (non-hydrogen) atoms. The van der Waals surface area contributed by atoms with Gasteiger partial charge in [0.05, 0.1) is 11.6 Å². The minimum Gasteiger partial charge on any atom is -0.312 e. The van der Waals surface area contributed by atoms with Crippen LogP contribution in [0.1, 0.15) is 24.1 Å². The van der Waals surface area contributed by atoms with Crippen LogP contribution >= 0.6 is 11.6 Å². The van der Waals surface area contributed by atoms with E-state index in [-0.39, 0.29) is 0 Å². The van der Waals surface area contributed by atoms with E-state index in [9.17, 15) is 0 Å². The summed E-state index contributed by atoms with van der Waals surface area (Å²) in [5, 5.41) is 8.74. The van der Waals surface area contributed by atoms with Crippen molar-refractivity contribution in [1.29, 1.82) is 0 Å².